The fraction of sp³-hybridized carbons (Fsp3) is 0.721. The van der Waals surface area contributed by atoms with Crippen LogP contribution < -0.4 is 15.4 Å². The van der Waals surface area contributed by atoms with Gasteiger partial charge in [0.2, 0.25) is 11.8 Å². The molecule has 16 heteroatoms. The number of carbonyl (C=O) groups excluding carboxylic acids is 5. The fourth-order valence-corrected chi connectivity index (χ4v) is 9.59. The number of amides is 2. The molecule has 0 saturated carbocycles. The molecular weight excluding hydrogens is 1000 g/mol. The third-order valence-electron chi connectivity index (χ3n) is 13.6. The first-order valence-corrected chi connectivity index (χ1v) is 31.5. The van der Waals surface area contributed by atoms with E-state index >= 15 is 0 Å². The quantitative estimate of drug-likeness (QED) is 0.0210. The Balaban J connectivity index is 1.67. The molecular formula is C61H101N2O13P. The van der Waals surface area contributed by atoms with Crippen LogP contribution in [0.3, 0.4) is 0 Å². The predicted octanol–water partition coefficient (Wildman–Crippen LogP) is 14.4. The number of phosphoric acid groups is 1. The number of phosphoric ester groups is 1. The van der Waals surface area contributed by atoms with Crippen molar-refractivity contribution in [1.82, 2.24) is 10.6 Å². The predicted molar refractivity (Wildman–Crippen MR) is 304 cm³/mol. The van der Waals surface area contributed by atoms with Gasteiger partial charge >= 0.3 is 25.7 Å². The van der Waals surface area contributed by atoms with E-state index < -0.39 is 38.4 Å². The van der Waals surface area contributed by atoms with E-state index in [0.717, 1.165) is 44.1 Å². The fourth-order valence-electron chi connectivity index (χ4n) is 8.84. The van der Waals surface area contributed by atoms with E-state index in [1.54, 1.807) is 48.5 Å². The monoisotopic (exact) mass is 1100 g/mol. The maximum atomic E-state index is 12.9. The highest BCUT2D eigenvalue weighted by Gasteiger charge is 2.26. The Labute approximate surface area is 463 Å². The Morgan fingerprint density at radius 3 is 1.39 bits per heavy atom. The summed E-state index contributed by atoms with van der Waals surface area (Å²) in [7, 11) is -4.66. The Morgan fingerprint density at radius 2 is 0.922 bits per heavy atom. The van der Waals surface area contributed by atoms with Gasteiger partial charge < -0.3 is 34.8 Å². The third-order valence-corrected chi connectivity index (χ3v) is 14.6. The zero-order valence-electron chi connectivity index (χ0n) is 47.5. The van der Waals surface area contributed by atoms with Gasteiger partial charge in [0.15, 0.2) is 6.10 Å². The molecule has 0 spiro atoms. The minimum Gasteiger partial charge on any atom is -0.462 e. The highest BCUT2D eigenvalue weighted by molar-refractivity contribution is 7.47. The topological polar surface area (TPSA) is 213 Å². The Morgan fingerprint density at radius 1 is 0.494 bits per heavy atom. The van der Waals surface area contributed by atoms with Gasteiger partial charge in [-0.25, -0.2) is 9.36 Å². The van der Waals surface area contributed by atoms with Gasteiger partial charge in [0, 0.05) is 38.8 Å². The SMILES string of the molecule is CCCCCCCCCCCCCCCCCC(=O)OC[C@H](COP(=O)(O)OCCNC(=O)CCCC(=O)NCc1ccc(C(=O)Oc2ccc(CO)cc2)cc1)OC(=O)CCCCCCCCCCCCCCCCC. The smallest absolute Gasteiger partial charge is 0.462 e. The molecule has 2 rings (SSSR count). The van der Waals surface area contributed by atoms with Crippen LogP contribution in [0, 0.1) is 0 Å². The minimum atomic E-state index is -4.66. The zero-order chi connectivity index (χ0) is 55.9. The summed E-state index contributed by atoms with van der Waals surface area (Å²) in [6.07, 6.45) is 36.0. The van der Waals surface area contributed by atoms with Gasteiger partial charge in [0.1, 0.15) is 12.4 Å². The summed E-state index contributed by atoms with van der Waals surface area (Å²) >= 11 is 0. The van der Waals surface area contributed by atoms with Crippen molar-refractivity contribution in [3.8, 4) is 5.75 Å². The second-order valence-electron chi connectivity index (χ2n) is 20.7. The molecule has 0 aliphatic heterocycles. The van der Waals surface area contributed by atoms with Crippen LogP contribution in [0.4, 0.5) is 0 Å². The molecule has 15 nitrogen and oxygen atoms in total. The van der Waals surface area contributed by atoms with Crippen LogP contribution in [-0.2, 0) is 55.4 Å². The lowest BCUT2D eigenvalue weighted by atomic mass is 10.0. The Kier molecular flexibility index (Phi) is 41.9. The summed E-state index contributed by atoms with van der Waals surface area (Å²) in [6, 6.07) is 13.1. The number of ether oxygens (including phenoxy) is 3. The maximum absolute atomic E-state index is 12.9. The van der Waals surface area contributed by atoms with Crippen molar-refractivity contribution in [3.63, 3.8) is 0 Å². The molecule has 77 heavy (non-hydrogen) atoms. The number of aliphatic hydroxyl groups is 1. The summed E-state index contributed by atoms with van der Waals surface area (Å²) in [5, 5.41) is 14.6. The first kappa shape index (κ1) is 69.0. The van der Waals surface area contributed by atoms with Crippen molar-refractivity contribution in [1.29, 1.82) is 0 Å². The second-order valence-corrected chi connectivity index (χ2v) is 22.1. The van der Waals surface area contributed by atoms with E-state index in [0.29, 0.717) is 29.7 Å². The molecule has 0 aliphatic rings. The van der Waals surface area contributed by atoms with Gasteiger partial charge in [0.05, 0.1) is 25.4 Å². The van der Waals surface area contributed by atoms with Crippen molar-refractivity contribution in [3.05, 3.63) is 65.2 Å². The number of carbonyl (C=O) groups is 5. The average molecular weight is 1100 g/mol. The molecule has 2 atom stereocenters. The van der Waals surface area contributed by atoms with Crippen LogP contribution in [0.1, 0.15) is 260 Å². The second kappa shape index (κ2) is 46.7. The molecule has 2 amide bonds. The van der Waals surface area contributed by atoms with Crippen LogP contribution in [0.5, 0.6) is 5.75 Å². The van der Waals surface area contributed by atoms with E-state index in [-0.39, 0.29) is 76.8 Å². The number of unbranched alkanes of at least 4 members (excludes halogenated alkanes) is 28. The van der Waals surface area contributed by atoms with Gasteiger partial charge in [-0.05, 0) is 54.7 Å². The number of benzene rings is 2. The normalized spacial score (nSPS) is 12.4. The van der Waals surface area contributed by atoms with Crippen LogP contribution in [0.2, 0.25) is 0 Å². The van der Waals surface area contributed by atoms with Gasteiger partial charge in [-0.15, -0.1) is 0 Å². The molecule has 0 aliphatic carbocycles. The van der Waals surface area contributed by atoms with Gasteiger partial charge in [-0.1, -0.05) is 218 Å². The lowest BCUT2D eigenvalue weighted by Crippen LogP contribution is -2.30. The Hall–Kier alpha value is -4.14. The lowest BCUT2D eigenvalue weighted by molar-refractivity contribution is -0.161. The number of rotatable bonds is 51. The minimum absolute atomic E-state index is 0.0326. The molecule has 0 saturated heterocycles. The number of hydrogen-bond acceptors (Lipinski definition) is 12. The summed E-state index contributed by atoms with van der Waals surface area (Å²) in [6.45, 7) is 3.28. The number of esters is 3. The van der Waals surface area contributed by atoms with Gasteiger partial charge in [0.25, 0.3) is 0 Å². The number of nitrogens with one attached hydrogen (secondary N) is 2. The van der Waals surface area contributed by atoms with Crippen LogP contribution in [-0.4, -0.2) is 72.2 Å². The molecule has 1 unspecified atom stereocenters. The van der Waals surface area contributed by atoms with E-state index in [2.05, 4.69) is 24.5 Å². The van der Waals surface area contributed by atoms with E-state index in [9.17, 15) is 38.5 Å². The number of aliphatic hydroxyl groups excluding tert-OH is 1. The summed E-state index contributed by atoms with van der Waals surface area (Å²) in [5.41, 5.74) is 1.79. The standard InChI is InChI=1S/C61H101N2O13P/c1-3-5-7-9-11-13-15-17-19-21-23-25-27-29-31-36-59(67)72-50-56(75-60(68)37-32-30-28-26-24-22-20-18-16-14-12-10-8-6-4-2)51-74-77(70,71)73-47-46-62-57(65)34-33-35-58(66)63-48-52-38-42-54(43-39-52)61(69)76-55-44-40-53(49-64)41-45-55/h38-45,56,64H,3-37,46-51H2,1-2H3,(H,62,65)(H,63,66)(H,70,71)/t56-/m1/s1. The molecule has 4 N–H and O–H groups in total. The van der Waals surface area contributed by atoms with E-state index in [1.807, 2.05) is 0 Å². The van der Waals surface area contributed by atoms with Crippen molar-refractivity contribution < 1.29 is 61.8 Å². The van der Waals surface area contributed by atoms with Crippen molar-refractivity contribution >= 4 is 37.5 Å². The first-order chi connectivity index (χ1) is 37.4. The summed E-state index contributed by atoms with van der Waals surface area (Å²) in [5.74, 6) is -1.77. The third kappa shape index (κ3) is 39.8. The van der Waals surface area contributed by atoms with Crippen LogP contribution in [0.25, 0.3) is 0 Å². The van der Waals surface area contributed by atoms with Crippen LogP contribution in [0.15, 0.2) is 48.5 Å². The molecule has 2 aromatic carbocycles. The Bertz CT molecular complexity index is 1880. The highest BCUT2D eigenvalue weighted by atomic mass is 31.2. The van der Waals surface area contributed by atoms with E-state index in [1.165, 1.54) is 141 Å². The summed E-state index contributed by atoms with van der Waals surface area (Å²) in [4.78, 5) is 73.4. The average Bonchev–Trinajstić information content (AvgIpc) is 3.42. The van der Waals surface area contributed by atoms with Crippen molar-refractivity contribution in [2.75, 3.05) is 26.4 Å². The van der Waals surface area contributed by atoms with Crippen molar-refractivity contribution in [2.24, 2.45) is 0 Å². The summed E-state index contributed by atoms with van der Waals surface area (Å²) < 4.78 is 39.5. The number of hydrogen-bond donors (Lipinski definition) is 4. The largest absolute Gasteiger partial charge is 0.472 e. The first-order valence-electron chi connectivity index (χ1n) is 30.0. The molecule has 0 aromatic heterocycles. The zero-order valence-corrected chi connectivity index (χ0v) is 48.4. The lowest BCUT2D eigenvalue weighted by Gasteiger charge is -2.20. The molecule has 2 aromatic rings. The van der Waals surface area contributed by atoms with E-state index in [4.69, 9.17) is 23.3 Å². The molecule has 0 radical (unpaired) electrons. The molecule has 0 heterocycles. The maximum Gasteiger partial charge on any atom is 0.472 e. The molecule has 0 fully saturated rings. The molecule has 438 valence electrons. The van der Waals surface area contributed by atoms with Gasteiger partial charge in [-0.2, -0.15) is 0 Å². The highest BCUT2D eigenvalue weighted by Crippen LogP contribution is 2.43. The van der Waals surface area contributed by atoms with Crippen LogP contribution >= 0.6 is 7.82 Å². The molecule has 0 bridgehead atoms. The van der Waals surface area contributed by atoms with Crippen molar-refractivity contribution in [2.45, 2.75) is 258 Å². The van der Waals surface area contributed by atoms with Gasteiger partial charge in [-0.3, -0.25) is 28.2 Å².